The molecule has 3 N–H and O–H groups in total. The Labute approximate surface area is 151 Å². The second-order valence-electron chi connectivity index (χ2n) is 6.31. The van der Waals surface area contributed by atoms with Crippen LogP contribution in [-0.4, -0.2) is 28.6 Å². The van der Waals surface area contributed by atoms with Crippen molar-refractivity contribution in [3.8, 4) is 0 Å². The zero-order valence-corrected chi connectivity index (χ0v) is 14.5. The zero-order valence-electron chi connectivity index (χ0n) is 14.5. The smallest absolute Gasteiger partial charge is 0.308 e. The van der Waals surface area contributed by atoms with Gasteiger partial charge in [0.1, 0.15) is 5.82 Å². The summed E-state index contributed by atoms with van der Waals surface area (Å²) in [5.74, 6) is -2.76. The molecule has 26 heavy (non-hydrogen) atoms. The molecule has 1 amide bonds. The number of aryl methyl sites for hydroxylation is 1. The number of rotatable bonds is 8. The third-order valence-electron chi connectivity index (χ3n) is 4.07. The topological polar surface area (TPSA) is 86.6 Å². The van der Waals surface area contributed by atoms with E-state index in [9.17, 15) is 24.2 Å². The predicted molar refractivity (Wildman–Crippen MR) is 95.0 cm³/mol. The van der Waals surface area contributed by atoms with Gasteiger partial charge in [-0.1, -0.05) is 42.0 Å². The number of nitrogens with one attached hydrogen (secondary N) is 1. The Morgan fingerprint density at radius 2 is 1.88 bits per heavy atom. The van der Waals surface area contributed by atoms with Crippen LogP contribution < -0.4 is 5.32 Å². The SMILES string of the molecule is Cc1cccc(CC(CNC(=O)CC(O)c2cccc(F)c2)C(=O)O)c1. The van der Waals surface area contributed by atoms with E-state index in [0.717, 1.165) is 17.2 Å². The first kappa shape index (κ1) is 19.6. The molecule has 0 saturated heterocycles. The van der Waals surface area contributed by atoms with Gasteiger partial charge >= 0.3 is 5.97 Å². The maximum atomic E-state index is 13.2. The lowest BCUT2D eigenvalue weighted by molar-refractivity contribution is -0.141. The molecule has 0 saturated carbocycles. The van der Waals surface area contributed by atoms with Crippen molar-refractivity contribution in [1.29, 1.82) is 0 Å². The van der Waals surface area contributed by atoms with Gasteiger partial charge in [-0.05, 0) is 36.6 Å². The molecular weight excluding hydrogens is 337 g/mol. The van der Waals surface area contributed by atoms with Gasteiger partial charge in [-0.25, -0.2) is 4.39 Å². The van der Waals surface area contributed by atoms with Crippen molar-refractivity contribution < 1.29 is 24.2 Å². The van der Waals surface area contributed by atoms with Crippen molar-refractivity contribution in [2.24, 2.45) is 5.92 Å². The van der Waals surface area contributed by atoms with Crippen LogP contribution in [0.5, 0.6) is 0 Å². The maximum absolute atomic E-state index is 13.2. The monoisotopic (exact) mass is 359 g/mol. The molecule has 2 aromatic rings. The first-order chi connectivity index (χ1) is 12.3. The first-order valence-electron chi connectivity index (χ1n) is 8.33. The molecule has 0 aromatic heterocycles. The Morgan fingerprint density at radius 1 is 1.15 bits per heavy atom. The van der Waals surface area contributed by atoms with E-state index in [-0.39, 0.29) is 13.0 Å². The van der Waals surface area contributed by atoms with Gasteiger partial charge in [0.2, 0.25) is 5.91 Å². The van der Waals surface area contributed by atoms with E-state index in [0.29, 0.717) is 12.0 Å². The summed E-state index contributed by atoms with van der Waals surface area (Å²) in [7, 11) is 0. The molecule has 0 aliphatic carbocycles. The second kappa shape index (κ2) is 9.10. The van der Waals surface area contributed by atoms with Crippen molar-refractivity contribution in [3.63, 3.8) is 0 Å². The number of aliphatic carboxylic acids is 1. The van der Waals surface area contributed by atoms with E-state index in [1.54, 1.807) is 0 Å². The van der Waals surface area contributed by atoms with E-state index < -0.39 is 29.7 Å². The molecule has 0 radical (unpaired) electrons. The number of aliphatic hydroxyl groups is 1. The molecule has 0 fully saturated rings. The van der Waals surface area contributed by atoms with Gasteiger partial charge in [-0.15, -0.1) is 0 Å². The average molecular weight is 359 g/mol. The van der Waals surface area contributed by atoms with E-state index in [4.69, 9.17) is 0 Å². The predicted octanol–water partition coefficient (Wildman–Crippen LogP) is 2.62. The lowest BCUT2D eigenvalue weighted by Gasteiger charge is -2.15. The Kier molecular flexibility index (Phi) is 6.86. The van der Waals surface area contributed by atoms with Crippen molar-refractivity contribution in [1.82, 2.24) is 5.32 Å². The molecule has 0 aliphatic heterocycles. The van der Waals surface area contributed by atoms with Gasteiger partial charge in [-0.2, -0.15) is 0 Å². The van der Waals surface area contributed by atoms with E-state index in [1.807, 2.05) is 31.2 Å². The number of carbonyl (C=O) groups excluding carboxylic acids is 1. The normalized spacial score (nSPS) is 13.0. The van der Waals surface area contributed by atoms with E-state index in [2.05, 4.69) is 5.32 Å². The summed E-state index contributed by atoms with van der Waals surface area (Å²) in [5.41, 5.74) is 2.22. The summed E-state index contributed by atoms with van der Waals surface area (Å²) in [6, 6.07) is 12.9. The van der Waals surface area contributed by atoms with Crippen LogP contribution in [0.15, 0.2) is 48.5 Å². The highest BCUT2D eigenvalue weighted by molar-refractivity contribution is 5.78. The van der Waals surface area contributed by atoms with Crippen LogP contribution in [0, 0.1) is 18.7 Å². The first-order valence-corrected chi connectivity index (χ1v) is 8.33. The number of aliphatic hydroxyl groups excluding tert-OH is 1. The van der Waals surface area contributed by atoms with Gasteiger partial charge in [-0.3, -0.25) is 9.59 Å². The summed E-state index contributed by atoms with van der Waals surface area (Å²) >= 11 is 0. The van der Waals surface area contributed by atoms with Crippen LogP contribution in [0.3, 0.4) is 0 Å². The molecule has 2 atom stereocenters. The van der Waals surface area contributed by atoms with Gasteiger partial charge < -0.3 is 15.5 Å². The number of carbonyl (C=O) groups is 2. The number of amides is 1. The quantitative estimate of drug-likeness (QED) is 0.676. The molecule has 0 spiro atoms. The summed E-state index contributed by atoms with van der Waals surface area (Å²) in [6.07, 6.45) is -1.12. The minimum Gasteiger partial charge on any atom is -0.481 e. The van der Waals surface area contributed by atoms with Crippen LogP contribution in [0.2, 0.25) is 0 Å². The van der Waals surface area contributed by atoms with Crippen LogP contribution >= 0.6 is 0 Å². The number of halogens is 1. The van der Waals surface area contributed by atoms with Crippen molar-refractivity contribution >= 4 is 11.9 Å². The number of hydrogen-bond acceptors (Lipinski definition) is 3. The Morgan fingerprint density at radius 3 is 2.54 bits per heavy atom. The summed E-state index contributed by atoms with van der Waals surface area (Å²) in [4.78, 5) is 23.4. The molecule has 5 nitrogen and oxygen atoms in total. The highest BCUT2D eigenvalue weighted by atomic mass is 19.1. The lowest BCUT2D eigenvalue weighted by Crippen LogP contribution is -2.34. The highest BCUT2D eigenvalue weighted by Gasteiger charge is 2.20. The standard InChI is InChI=1S/C20H22FNO4/c1-13-4-2-5-14(8-13)9-16(20(25)26)12-22-19(24)11-18(23)15-6-3-7-17(21)10-15/h2-8,10,16,18,23H,9,11-12H2,1H3,(H,22,24)(H,25,26). The average Bonchev–Trinajstić information content (AvgIpc) is 2.58. The van der Waals surface area contributed by atoms with Gasteiger partial charge in [0, 0.05) is 6.54 Å². The highest BCUT2D eigenvalue weighted by Crippen LogP contribution is 2.17. The van der Waals surface area contributed by atoms with Gasteiger partial charge in [0.15, 0.2) is 0 Å². The van der Waals surface area contributed by atoms with Gasteiger partial charge in [0.05, 0.1) is 18.4 Å². The van der Waals surface area contributed by atoms with Crippen LogP contribution in [0.4, 0.5) is 4.39 Å². The van der Waals surface area contributed by atoms with E-state index in [1.165, 1.54) is 18.2 Å². The summed E-state index contributed by atoms with van der Waals surface area (Å²) in [5, 5.41) is 21.9. The molecular formula is C20H22FNO4. The molecule has 2 unspecified atom stereocenters. The fourth-order valence-corrected chi connectivity index (χ4v) is 2.69. The number of hydrogen-bond donors (Lipinski definition) is 3. The minimum atomic E-state index is -1.15. The second-order valence-corrected chi connectivity index (χ2v) is 6.31. The molecule has 2 rings (SSSR count). The molecule has 2 aromatic carbocycles. The lowest BCUT2D eigenvalue weighted by atomic mass is 9.98. The van der Waals surface area contributed by atoms with Crippen LogP contribution in [-0.2, 0) is 16.0 Å². The van der Waals surface area contributed by atoms with Crippen molar-refractivity contribution in [2.45, 2.75) is 25.9 Å². The Hall–Kier alpha value is -2.73. The Bertz CT molecular complexity index is 778. The van der Waals surface area contributed by atoms with Crippen molar-refractivity contribution in [2.75, 3.05) is 6.54 Å². The number of carboxylic acid groups (broad SMARTS) is 1. The van der Waals surface area contributed by atoms with Crippen LogP contribution in [0.25, 0.3) is 0 Å². The van der Waals surface area contributed by atoms with E-state index >= 15 is 0 Å². The number of benzene rings is 2. The van der Waals surface area contributed by atoms with Crippen LogP contribution in [0.1, 0.15) is 29.2 Å². The largest absolute Gasteiger partial charge is 0.481 e. The Balaban J connectivity index is 1.89. The molecule has 138 valence electrons. The summed E-state index contributed by atoms with van der Waals surface area (Å²) in [6.45, 7) is 1.88. The zero-order chi connectivity index (χ0) is 19.1. The molecule has 0 heterocycles. The maximum Gasteiger partial charge on any atom is 0.308 e. The summed E-state index contributed by atoms with van der Waals surface area (Å²) < 4.78 is 13.2. The van der Waals surface area contributed by atoms with Crippen molar-refractivity contribution in [3.05, 3.63) is 71.0 Å². The third kappa shape index (κ3) is 5.97. The molecule has 0 aliphatic rings. The molecule has 6 heteroatoms. The fraction of sp³-hybridized carbons (Fsp3) is 0.300. The number of carboxylic acids is 1. The minimum absolute atomic E-state index is 0.0437. The fourth-order valence-electron chi connectivity index (χ4n) is 2.69. The third-order valence-corrected chi connectivity index (χ3v) is 4.07. The van der Waals surface area contributed by atoms with Gasteiger partial charge in [0.25, 0.3) is 0 Å². The molecule has 0 bridgehead atoms.